The molecule has 1 saturated carbocycles. The van der Waals surface area contributed by atoms with E-state index < -0.39 is 0 Å². The molecule has 0 spiro atoms. The molecule has 0 aromatic carbocycles. The van der Waals surface area contributed by atoms with E-state index in [0.29, 0.717) is 0 Å². The van der Waals surface area contributed by atoms with Gasteiger partial charge in [0.05, 0.1) is 6.61 Å². The Kier molecular flexibility index (Phi) is 8.22. The number of hydrogen-bond acceptors (Lipinski definition) is 5. The van der Waals surface area contributed by atoms with Gasteiger partial charge < -0.3 is 10.1 Å². The van der Waals surface area contributed by atoms with Crippen LogP contribution in [0.4, 0.5) is 0 Å². The molecule has 1 aromatic heterocycles. The van der Waals surface area contributed by atoms with Gasteiger partial charge in [-0.2, -0.15) is 0 Å². The number of ether oxygens (including phenoxy) is 1. The summed E-state index contributed by atoms with van der Waals surface area (Å²) in [5, 5.41) is 14.5. The molecule has 4 nitrogen and oxygen atoms in total. The molecule has 1 fully saturated rings. The summed E-state index contributed by atoms with van der Waals surface area (Å²) in [6, 6.07) is 0. The predicted molar refractivity (Wildman–Crippen MR) is 87.9 cm³/mol. The topological polar surface area (TPSA) is 47.0 Å². The summed E-state index contributed by atoms with van der Waals surface area (Å²) in [5.41, 5.74) is 0. The highest BCUT2D eigenvalue weighted by molar-refractivity contribution is 7.11. The van der Waals surface area contributed by atoms with Crippen LogP contribution in [0.15, 0.2) is 0 Å². The molecule has 0 aliphatic heterocycles. The SMILES string of the molecule is COCCNCCCc1nnc(CCC2CCCCC2)s1. The first-order valence-electron chi connectivity index (χ1n) is 8.39. The molecule has 0 unspecified atom stereocenters. The van der Waals surface area contributed by atoms with Crippen LogP contribution in [0.2, 0.25) is 0 Å². The van der Waals surface area contributed by atoms with Crippen molar-refractivity contribution in [3.05, 3.63) is 10.0 Å². The van der Waals surface area contributed by atoms with Crippen molar-refractivity contribution in [2.75, 3.05) is 26.8 Å². The minimum atomic E-state index is 0.782. The molecule has 1 N–H and O–H groups in total. The Hall–Kier alpha value is -0.520. The zero-order chi connectivity index (χ0) is 14.8. The molecule has 21 heavy (non-hydrogen) atoms. The fraction of sp³-hybridized carbons (Fsp3) is 0.875. The van der Waals surface area contributed by atoms with Crippen molar-refractivity contribution in [3.8, 4) is 0 Å². The zero-order valence-electron chi connectivity index (χ0n) is 13.3. The van der Waals surface area contributed by atoms with Gasteiger partial charge in [0.15, 0.2) is 0 Å². The molecule has 0 bridgehead atoms. The van der Waals surface area contributed by atoms with Gasteiger partial charge in [-0.15, -0.1) is 21.5 Å². The molecule has 0 amide bonds. The van der Waals surface area contributed by atoms with Gasteiger partial charge in [0.2, 0.25) is 0 Å². The van der Waals surface area contributed by atoms with Gasteiger partial charge in [-0.1, -0.05) is 32.1 Å². The van der Waals surface area contributed by atoms with Crippen molar-refractivity contribution in [2.24, 2.45) is 5.92 Å². The number of methoxy groups -OCH3 is 1. The molecule has 120 valence electrons. The third-order valence-corrected chi connectivity index (χ3v) is 5.27. The summed E-state index contributed by atoms with van der Waals surface area (Å²) in [4.78, 5) is 0. The lowest BCUT2D eigenvalue weighted by Gasteiger charge is -2.20. The number of hydrogen-bond donors (Lipinski definition) is 1. The molecule has 1 heterocycles. The van der Waals surface area contributed by atoms with Crippen molar-refractivity contribution in [1.82, 2.24) is 15.5 Å². The van der Waals surface area contributed by atoms with Crippen molar-refractivity contribution in [2.45, 2.75) is 57.8 Å². The second kappa shape index (κ2) is 10.2. The van der Waals surface area contributed by atoms with Gasteiger partial charge in [-0.3, -0.25) is 0 Å². The van der Waals surface area contributed by atoms with E-state index >= 15 is 0 Å². The molecule has 0 atom stereocenters. The average Bonchev–Trinajstić information content (AvgIpc) is 2.98. The van der Waals surface area contributed by atoms with Crippen LogP contribution < -0.4 is 5.32 Å². The molecular formula is C16H29N3OS. The Morgan fingerprint density at radius 1 is 1.10 bits per heavy atom. The lowest BCUT2D eigenvalue weighted by Crippen LogP contribution is -2.20. The number of nitrogens with one attached hydrogen (secondary N) is 1. The summed E-state index contributed by atoms with van der Waals surface area (Å²) < 4.78 is 5.00. The van der Waals surface area contributed by atoms with Crippen molar-refractivity contribution in [3.63, 3.8) is 0 Å². The van der Waals surface area contributed by atoms with E-state index in [2.05, 4.69) is 15.5 Å². The first kappa shape index (κ1) is 16.8. The molecule has 2 rings (SSSR count). The molecule has 1 aliphatic carbocycles. The summed E-state index contributed by atoms with van der Waals surface area (Å²) in [6.07, 6.45) is 11.8. The maximum atomic E-state index is 5.00. The summed E-state index contributed by atoms with van der Waals surface area (Å²) in [5.74, 6) is 0.941. The number of rotatable bonds is 10. The molecule has 5 heteroatoms. The Morgan fingerprint density at radius 3 is 2.62 bits per heavy atom. The molecule has 1 aromatic rings. The second-order valence-corrected chi connectivity index (χ2v) is 7.13. The van der Waals surface area contributed by atoms with E-state index in [1.165, 1.54) is 48.5 Å². The van der Waals surface area contributed by atoms with Gasteiger partial charge in [-0.05, 0) is 25.3 Å². The average molecular weight is 311 g/mol. The Bertz CT molecular complexity index is 377. The van der Waals surface area contributed by atoms with Gasteiger partial charge in [-0.25, -0.2) is 0 Å². The fourth-order valence-corrected chi connectivity index (χ4v) is 3.86. The molecule has 1 aliphatic rings. The van der Waals surface area contributed by atoms with Crippen molar-refractivity contribution < 1.29 is 4.74 Å². The minimum absolute atomic E-state index is 0.782. The monoisotopic (exact) mass is 311 g/mol. The highest BCUT2D eigenvalue weighted by atomic mass is 32.1. The van der Waals surface area contributed by atoms with Crippen LogP contribution >= 0.6 is 11.3 Å². The van der Waals surface area contributed by atoms with E-state index in [-0.39, 0.29) is 0 Å². The smallest absolute Gasteiger partial charge is 0.117 e. The summed E-state index contributed by atoms with van der Waals surface area (Å²) in [7, 11) is 1.73. The Balaban J connectivity index is 1.57. The summed E-state index contributed by atoms with van der Waals surface area (Å²) >= 11 is 1.82. The lowest BCUT2D eigenvalue weighted by molar-refractivity contribution is 0.199. The van der Waals surface area contributed by atoms with Crippen LogP contribution in [0, 0.1) is 5.92 Å². The largest absolute Gasteiger partial charge is 0.383 e. The predicted octanol–water partition coefficient (Wildman–Crippen LogP) is 3.22. The Morgan fingerprint density at radius 2 is 1.86 bits per heavy atom. The van der Waals surface area contributed by atoms with Gasteiger partial charge in [0.25, 0.3) is 0 Å². The first-order valence-corrected chi connectivity index (χ1v) is 9.21. The standard InChI is InChI=1S/C16H29N3OS/c1-20-13-12-17-11-5-8-15-18-19-16(21-15)10-9-14-6-3-2-4-7-14/h14,17H,2-13H2,1H3. The molecule has 0 saturated heterocycles. The third kappa shape index (κ3) is 6.85. The highest BCUT2D eigenvalue weighted by Crippen LogP contribution is 2.28. The molecular weight excluding hydrogens is 282 g/mol. The quantitative estimate of drug-likeness (QED) is 0.674. The Labute approximate surface area is 132 Å². The van der Waals surface area contributed by atoms with E-state index in [4.69, 9.17) is 4.74 Å². The van der Waals surface area contributed by atoms with E-state index in [1.54, 1.807) is 7.11 Å². The maximum absolute atomic E-state index is 5.00. The van der Waals surface area contributed by atoms with Crippen LogP contribution in [0.25, 0.3) is 0 Å². The number of nitrogens with zero attached hydrogens (tertiary/aromatic N) is 2. The lowest BCUT2D eigenvalue weighted by atomic mass is 9.86. The van der Waals surface area contributed by atoms with Crippen LogP contribution in [0.5, 0.6) is 0 Å². The third-order valence-electron chi connectivity index (χ3n) is 4.23. The number of aryl methyl sites for hydroxylation is 2. The van der Waals surface area contributed by atoms with Crippen LogP contribution in [0.3, 0.4) is 0 Å². The van der Waals surface area contributed by atoms with Crippen molar-refractivity contribution >= 4 is 11.3 Å². The fourth-order valence-electron chi connectivity index (χ4n) is 2.96. The summed E-state index contributed by atoms with van der Waals surface area (Å²) in [6.45, 7) is 2.74. The van der Waals surface area contributed by atoms with Gasteiger partial charge >= 0.3 is 0 Å². The van der Waals surface area contributed by atoms with Crippen LogP contribution in [0.1, 0.15) is 55.0 Å². The molecule has 0 radical (unpaired) electrons. The van der Waals surface area contributed by atoms with Gasteiger partial charge in [0.1, 0.15) is 10.0 Å². The zero-order valence-corrected chi connectivity index (χ0v) is 14.1. The van der Waals surface area contributed by atoms with E-state index in [9.17, 15) is 0 Å². The minimum Gasteiger partial charge on any atom is -0.383 e. The normalized spacial score (nSPS) is 16.4. The maximum Gasteiger partial charge on any atom is 0.117 e. The first-order chi connectivity index (χ1) is 10.4. The van der Waals surface area contributed by atoms with E-state index in [1.807, 2.05) is 11.3 Å². The van der Waals surface area contributed by atoms with Gasteiger partial charge in [0, 0.05) is 26.5 Å². The van der Waals surface area contributed by atoms with E-state index in [0.717, 1.165) is 44.9 Å². The highest BCUT2D eigenvalue weighted by Gasteiger charge is 2.14. The van der Waals surface area contributed by atoms with Crippen LogP contribution in [-0.4, -0.2) is 37.0 Å². The number of aromatic nitrogens is 2. The van der Waals surface area contributed by atoms with Crippen molar-refractivity contribution in [1.29, 1.82) is 0 Å². The second-order valence-electron chi connectivity index (χ2n) is 5.98. The van der Waals surface area contributed by atoms with Crippen LogP contribution in [-0.2, 0) is 17.6 Å².